The lowest BCUT2D eigenvalue weighted by Gasteiger charge is -2.12. The van der Waals surface area contributed by atoms with Gasteiger partial charge in [-0.1, -0.05) is 6.07 Å². The van der Waals surface area contributed by atoms with Crippen molar-refractivity contribution in [1.29, 1.82) is 0 Å². The Morgan fingerprint density at radius 1 is 1.55 bits per heavy atom. The van der Waals surface area contributed by atoms with Crippen molar-refractivity contribution in [3.63, 3.8) is 0 Å². The lowest BCUT2D eigenvalue weighted by Crippen LogP contribution is -2.02. The predicted molar refractivity (Wildman–Crippen MR) is 40.3 cm³/mol. The lowest BCUT2D eigenvalue weighted by atomic mass is 10.2. The van der Waals surface area contributed by atoms with Gasteiger partial charge in [0.2, 0.25) is 0 Å². The summed E-state index contributed by atoms with van der Waals surface area (Å²) in [7, 11) is 1.52. The third kappa shape index (κ3) is 1.62. The van der Waals surface area contributed by atoms with Crippen LogP contribution in [-0.2, 0) is 6.54 Å². The van der Waals surface area contributed by atoms with Gasteiger partial charge in [0.05, 0.1) is 7.11 Å². The second-order valence-electron chi connectivity index (χ2n) is 2.18. The zero-order valence-corrected chi connectivity index (χ0v) is 6.33. The molecule has 0 aliphatic heterocycles. The minimum Gasteiger partial charge on any atom is -0.872 e. The zero-order chi connectivity index (χ0) is 8.27. The van der Waals surface area contributed by atoms with E-state index in [2.05, 4.69) is 0 Å². The number of benzene rings is 1. The summed E-state index contributed by atoms with van der Waals surface area (Å²) < 4.78 is 4.85. The van der Waals surface area contributed by atoms with Crippen molar-refractivity contribution in [2.45, 2.75) is 6.54 Å². The molecular formula is C8H10NO2-. The number of nitrogens with two attached hydrogens (primary N) is 1. The molecule has 1 aromatic rings. The van der Waals surface area contributed by atoms with E-state index in [0.29, 0.717) is 11.3 Å². The van der Waals surface area contributed by atoms with E-state index in [4.69, 9.17) is 10.5 Å². The average Bonchev–Trinajstić information content (AvgIpc) is 2.04. The molecule has 0 aromatic heterocycles. The molecule has 0 atom stereocenters. The summed E-state index contributed by atoms with van der Waals surface area (Å²) >= 11 is 0. The molecule has 0 saturated heterocycles. The molecule has 0 aliphatic rings. The Bertz CT molecular complexity index is 248. The zero-order valence-electron chi connectivity index (χ0n) is 6.33. The van der Waals surface area contributed by atoms with Crippen LogP contribution in [0.4, 0.5) is 0 Å². The quantitative estimate of drug-likeness (QED) is 0.659. The van der Waals surface area contributed by atoms with Crippen LogP contribution in [0.1, 0.15) is 5.56 Å². The van der Waals surface area contributed by atoms with Crippen molar-refractivity contribution >= 4 is 0 Å². The van der Waals surface area contributed by atoms with Gasteiger partial charge in [-0.3, -0.25) is 0 Å². The molecule has 3 nitrogen and oxygen atoms in total. The molecule has 1 aromatic carbocycles. The van der Waals surface area contributed by atoms with Gasteiger partial charge in [0.25, 0.3) is 0 Å². The fourth-order valence-corrected chi connectivity index (χ4v) is 0.830. The van der Waals surface area contributed by atoms with Crippen LogP contribution in [0.2, 0.25) is 0 Å². The number of ether oxygens (including phenoxy) is 1. The first-order valence-electron chi connectivity index (χ1n) is 3.32. The van der Waals surface area contributed by atoms with Gasteiger partial charge in [0.1, 0.15) is 5.75 Å². The van der Waals surface area contributed by atoms with Crippen LogP contribution in [0.25, 0.3) is 0 Å². The summed E-state index contributed by atoms with van der Waals surface area (Å²) in [6, 6.07) is 4.84. The molecule has 60 valence electrons. The van der Waals surface area contributed by atoms with E-state index in [0.717, 1.165) is 0 Å². The number of hydrogen-bond acceptors (Lipinski definition) is 3. The number of rotatable bonds is 2. The van der Waals surface area contributed by atoms with Gasteiger partial charge in [-0.15, -0.1) is 5.75 Å². The molecule has 0 saturated carbocycles. The van der Waals surface area contributed by atoms with Crippen LogP contribution >= 0.6 is 0 Å². The summed E-state index contributed by atoms with van der Waals surface area (Å²) in [5.41, 5.74) is 5.92. The molecule has 0 unspecified atom stereocenters. The Kier molecular flexibility index (Phi) is 2.33. The Labute approximate surface area is 65.4 Å². The van der Waals surface area contributed by atoms with Crippen molar-refractivity contribution in [1.82, 2.24) is 0 Å². The standard InChI is InChI=1S/C8H11NO2/c1-11-7-3-2-6(5-9)8(10)4-7/h2-4,10H,5,9H2,1H3/p-1. The van der Waals surface area contributed by atoms with Crippen LogP contribution in [0, 0.1) is 0 Å². The van der Waals surface area contributed by atoms with Crippen molar-refractivity contribution in [2.24, 2.45) is 5.73 Å². The van der Waals surface area contributed by atoms with Crippen molar-refractivity contribution in [3.8, 4) is 11.5 Å². The van der Waals surface area contributed by atoms with Crippen LogP contribution in [-0.4, -0.2) is 7.11 Å². The third-order valence-electron chi connectivity index (χ3n) is 1.49. The van der Waals surface area contributed by atoms with Crippen molar-refractivity contribution in [3.05, 3.63) is 23.8 Å². The first-order chi connectivity index (χ1) is 5.27. The SMILES string of the molecule is COc1ccc(CN)c([O-])c1. The number of methoxy groups -OCH3 is 1. The van der Waals surface area contributed by atoms with E-state index in [9.17, 15) is 5.11 Å². The lowest BCUT2D eigenvalue weighted by molar-refractivity contribution is -0.269. The summed E-state index contributed by atoms with van der Waals surface area (Å²) in [5.74, 6) is 0.513. The Hall–Kier alpha value is -1.22. The van der Waals surface area contributed by atoms with Crippen molar-refractivity contribution < 1.29 is 9.84 Å². The monoisotopic (exact) mass is 152 g/mol. The molecule has 0 bridgehead atoms. The molecule has 0 spiro atoms. The van der Waals surface area contributed by atoms with Gasteiger partial charge >= 0.3 is 0 Å². The number of hydrogen-bond donors (Lipinski definition) is 1. The second-order valence-corrected chi connectivity index (χ2v) is 2.18. The molecule has 2 N–H and O–H groups in total. The van der Waals surface area contributed by atoms with Crippen LogP contribution in [0.5, 0.6) is 11.5 Å². The minimum absolute atomic E-state index is 0.0631. The fourth-order valence-electron chi connectivity index (χ4n) is 0.830. The first-order valence-corrected chi connectivity index (χ1v) is 3.32. The highest BCUT2D eigenvalue weighted by molar-refractivity contribution is 5.38. The van der Waals surface area contributed by atoms with Gasteiger partial charge in [0.15, 0.2) is 0 Å². The van der Waals surface area contributed by atoms with Gasteiger partial charge in [-0.25, -0.2) is 0 Å². The molecule has 11 heavy (non-hydrogen) atoms. The van der Waals surface area contributed by atoms with Crippen LogP contribution in [0.15, 0.2) is 18.2 Å². The Morgan fingerprint density at radius 2 is 2.27 bits per heavy atom. The summed E-state index contributed by atoms with van der Waals surface area (Å²) in [5, 5.41) is 11.1. The van der Waals surface area contributed by atoms with Gasteiger partial charge < -0.3 is 15.6 Å². The molecule has 0 aliphatic carbocycles. The maximum atomic E-state index is 11.1. The highest BCUT2D eigenvalue weighted by Crippen LogP contribution is 2.19. The highest BCUT2D eigenvalue weighted by Gasteiger charge is 1.92. The van der Waals surface area contributed by atoms with Crippen LogP contribution < -0.4 is 15.6 Å². The molecule has 3 heteroatoms. The third-order valence-corrected chi connectivity index (χ3v) is 1.49. The maximum Gasteiger partial charge on any atom is 0.118 e. The molecule has 0 fully saturated rings. The average molecular weight is 152 g/mol. The summed E-state index contributed by atoms with van der Waals surface area (Å²) in [4.78, 5) is 0. The van der Waals surface area contributed by atoms with E-state index in [1.807, 2.05) is 0 Å². The molecular weight excluding hydrogens is 142 g/mol. The smallest absolute Gasteiger partial charge is 0.118 e. The van der Waals surface area contributed by atoms with Gasteiger partial charge in [-0.2, -0.15) is 0 Å². The van der Waals surface area contributed by atoms with Crippen LogP contribution in [0.3, 0.4) is 0 Å². The van der Waals surface area contributed by atoms with Gasteiger partial charge in [0, 0.05) is 6.54 Å². The molecule has 0 radical (unpaired) electrons. The Balaban J connectivity index is 2.99. The Morgan fingerprint density at radius 3 is 2.73 bits per heavy atom. The predicted octanol–water partition coefficient (Wildman–Crippen LogP) is 0.227. The van der Waals surface area contributed by atoms with Crippen molar-refractivity contribution in [2.75, 3.05) is 7.11 Å². The highest BCUT2D eigenvalue weighted by atomic mass is 16.5. The van der Waals surface area contributed by atoms with Gasteiger partial charge in [-0.05, 0) is 17.7 Å². The molecule has 0 heterocycles. The maximum absolute atomic E-state index is 11.1. The van der Waals surface area contributed by atoms with E-state index >= 15 is 0 Å². The minimum atomic E-state index is -0.0631. The van der Waals surface area contributed by atoms with E-state index in [1.54, 1.807) is 12.1 Å². The molecule has 1 rings (SSSR count). The topological polar surface area (TPSA) is 58.3 Å². The summed E-state index contributed by atoms with van der Waals surface area (Å²) in [6.07, 6.45) is 0. The first kappa shape index (κ1) is 7.88. The largest absolute Gasteiger partial charge is 0.872 e. The fraction of sp³-hybridized carbons (Fsp3) is 0.250. The van der Waals surface area contributed by atoms with E-state index < -0.39 is 0 Å². The van der Waals surface area contributed by atoms with E-state index in [1.165, 1.54) is 13.2 Å². The summed E-state index contributed by atoms with van der Waals surface area (Å²) in [6.45, 7) is 0.281. The second kappa shape index (κ2) is 3.25. The van der Waals surface area contributed by atoms with E-state index in [-0.39, 0.29) is 12.3 Å². The molecule has 0 amide bonds. The normalized spacial score (nSPS) is 9.64.